The number of fused-ring (bicyclic) bond motifs is 1. The molecular formula is C23H24N4O3S. The Morgan fingerprint density at radius 1 is 1.13 bits per heavy atom. The largest absolute Gasteiger partial charge is 0.486 e. The van der Waals surface area contributed by atoms with Crippen molar-refractivity contribution in [3.8, 4) is 17.2 Å². The number of hydrogen-bond donors (Lipinski definition) is 0. The van der Waals surface area contributed by atoms with Crippen LogP contribution in [0.5, 0.6) is 11.5 Å². The topological polar surface area (TPSA) is 69.5 Å². The molecule has 1 aliphatic heterocycles. The van der Waals surface area contributed by atoms with Gasteiger partial charge in [-0.05, 0) is 42.7 Å². The van der Waals surface area contributed by atoms with Crippen LogP contribution in [0.4, 0.5) is 0 Å². The fraction of sp³-hybridized carbons (Fsp3) is 0.348. The van der Waals surface area contributed by atoms with Crippen LogP contribution in [0.15, 0.2) is 53.7 Å². The molecule has 1 saturated carbocycles. The summed E-state index contributed by atoms with van der Waals surface area (Å²) in [7, 11) is 1.81. The molecule has 1 aliphatic carbocycles. The highest BCUT2D eigenvalue weighted by Crippen LogP contribution is 2.40. The van der Waals surface area contributed by atoms with Crippen molar-refractivity contribution < 1.29 is 14.3 Å². The Labute approximate surface area is 185 Å². The maximum absolute atomic E-state index is 12.7. The van der Waals surface area contributed by atoms with E-state index in [2.05, 4.69) is 5.10 Å². The molecule has 1 aromatic heterocycles. The number of aromatic nitrogens is 3. The first-order valence-corrected chi connectivity index (χ1v) is 11.4. The van der Waals surface area contributed by atoms with Crippen LogP contribution in [-0.2, 0) is 11.3 Å². The number of carbonyl (C=O) groups is 1. The first-order valence-electron chi connectivity index (χ1n) is 10.4. The van der Waals surface area contributed by atoms with Gasteiger partial charge in [-0.25, -0.2) is 9.67 Å². The van der Waals surface area contributed by atoms with Crippen molar-refractivity contribution in [1.82, 2.24) is 19.7 Å². The van der Waals surface area contributed by atoms with E-state index in [0.717, 1.165) is 41.4 Å². The summed E-state index contributed by atoms with van der Waals surface area (Å²) < 4.78 is 13.1. The Hall–Kier alpha value is -3.00. The quantitative estimate of drug-likeness (QED) is 0.527. The molecule has 7 nitrogen and oxygen atoms in total. The zero-order valence-electron chi connectivity index (χ0n) is 17.4. The molecule has 0 radical (unpaired) electrons. The van der Waals surface area contributed by atoms with Gasteiger partial charge in [0.2, 0.25) is 11.1 Å². The van der Waals surface area contributed by atoms with Crippen LogP contribution in [0, 0.1) is 0 Å². The second-order valence-electron chi connectivity index (χ2n) is 7.79. The van der Waals surface area contributed by atoms with E-state index < -0.39 is 0 Å². The summed E-state index contributed by atoms with van der Waals surface area (Å²) in [6.07, 6.45) is 2.29. The van der Waals surface area contributed by atoms with Crippen LogP contribution < -0.4 is 9.47 Å². The first-order chi connectivity index (χ1) is 15.2. The third-order valence-electron chi connectivity index (χ3n) is 5.33. The van der Waals surface area contributed by atoms with Gasteiger partial charge in [-0.3, -0.25) is 4.79 Å². The molecule has 0 unspecified atom stereocenters. The minimum atomic E-state index is 0.0314. The number of ether oxygens (including phenoxy) is 2. The molecule has 0 bridgehead atoms. The number of amides is 1. The summed E-state index contributed by atoms with van der Waals surface area (Å²) in [6.45, 7) is 1.63. The van der Waals surface area contributed by atoms with Gasteiger partial charge in [-0.2, -0.15) is 0 Å². The molecule has 2 aliphatic rings. The van der Waals surface area contributed by atoms with E-state index in [9.17, 15) is 4.79 Å². The van der Waals surface area contributed by atoms with Crippen molar-refractivity contribution in [2.24, 2.45) is 0 Å². The van der Waals surface area contributed by atoms with Crippen LogP contribution >= 0.6 is 11.8 Å². The minimum absolute atomic E-state index is 0.0314. The smallest absolute Gasteiger partial charge is 0.233 e. The molecule has 1 amide bonds. The van der Waals surface area contributed by atoms with Gasteiger partial charge in [-0.1, -0.05) is 36.0 Å². The first kappa shape index (κ1) is 19.9. The van der Waals surface area contributed by atoms with E-state index in [4.69, 9.17) is 14.5 Å². The van der Waals surface area contributed by atoms with E-state index in [0.29, 0.717) is 36.6 Å². The lowest BCUT2D eigenvalue weighted by atomic mass is 10.2. The monoisotopic (exact) mass is 436 g/mol. The summed E-state index contributed by atoms with van der Waals surface area (Å²) in [5, 5.41) is 5.32. The number of hydrogen-bond acceptors (Lipinski definition) is 6. The van der Waals surface area contributed by atoms with Crippen molar-refractivity contribution in [2.75, 3.05) is 26.0 Å². The Morgan fingerprint density at radius 2 is 1.90 bits per heavy atom. The van der Waals surface area contributed by atoms with E-state index in [1.54, 1.807) is 4.90 Å². The standard InChI is InChI=1S/C23H24N4O3S/c1-26(14-16-7-10-19-20(13-16)30-12-11-29-19)21(28)15-31-23-24-22(17-8-9-17)27(25-23)18-5-3-2-4-6-18/h2-7,10,13,17H,8-9,11-12,14-15H2,1H3. The summed E-state index contributed by atoms with van der Waals surface area (Å²) in [4.78, 5) is 19.1. The van der Waals surface area contributed by atoms with E-state index in [1.807, 2.05) is 60.3 Å². The molecule has 0 spiro atoms. The number of benzene rings is 2. The molecular weight excluding hydrogens is 412 g/mol. The van der Waals surface area contributed by atoms with Gasteiger partial charge in [0.25, 0.3) is 0 Å². The number of nitrogens with zero attached hydrogens (tertiary/aromatic N) is 4. The van der Waals surface area contributed by atoms with Gasteiger partial charge in [0.1, 0.15) is 19.0 Å². The zero-order chi connectivity index (χ0) is 21.2. The number of para-hydroxylation sites is 1. The predicted molar refractivity (Wildman–Crippen MR) is 118 cm³/mol. The van der Waals surface area contributed by atoms with Crippen LogP contribution in [-0.4, -0.2) is 51.6 Å². The predicted octanol–water partition coefficient (Wildman–Crippen LogP) is 3.67. The van der Waals surface area contributed by atoms with Gasteiger partial charge in [0.05, 0.1) is 11.4 Å². The van der Waals surface area contributed by atoms with Crippen molar-refractivity contribution in [3.63, 3.8) is 0 Å². The van der Waals surface area contributed by atoms with Crippen molar-refractivity contribution >= 4 is 17.7 Å². The van der Waals surface area contributed by atoms with Gasteiger partial charge in [0, 0.05) is 19.5 Å². The van der Waals surface area contributed by atoms with Gasteiger partial charge in [0.15, 0.2) is 11.5 Å². The van der Waals surface area contributed by atoms with E-state index in [-0.39, 0.29) is 5.91 Å². The lowest BCUT2D eigenvalue weighted by Gasteiger charge is -2.21. The highest BCUT2D eigenvalue weighted by atomic mass is 32.2. The summed E-state index contributed by atoms with van der Waals surface area (Å²) in [5.74, 6) is 3.28. The molecule has 2 aromatic carbocycles. The molecule has 160 valence electrons. The highest BCUT2D eigenvalue weighted by molar-refractivity contribution is 7.99. The third-order valence-corrected chi connectivity index (χ3v) is 6.16. The zero-order valence-corrected chi connectivity index (χ0v) is 18.2. The van der Waals surface area contributed by atoms with Crippen LogP contribution in [0.25, 0.3) is 5.69 Å². The van der Waals surface area contributed by atoms with Gasteiger partial charge >= 0.3 is 0 Å². The van der Waals surface area contributed by atoms with Crippen LogP contribution in [0.2, 0.25) is 0 Å². The Bertz CT molecular complexity index is 1080. The molecule has 0 saturated heterocycles. The lowest BCUT2D eigenvalue weighted by molar-refractivity contribution is -0.127. The SMILES string of the molecule is CN(Cc1ccc2c(c1)OCCO2)C(=O)CSc1nc(C2CC2)n(-c2ccccc2)n1. The fourth-order valence-electron chi connectivity index (χ4n) is 3.52. The second kappa shape index (κ2) is 8.63. The van der Waals surface area contributed by atoms with Gasteiger partial charge < -0.3 is 14.4 Å². The van der Waals surface area contributed by atoms with E-state index >= 15 is 0 Å². The average Bonchev–Trinajstić information content (AvgIpc) is 3.57. The van der Waals surface area contributed by atoms with Gasteiger partial charge in [-0.15, -0.1) is 5.10 Å². The molecule has 1 fully saturated rings. The van der Waals surface area contributed by atoms with Crippen molar-refractivity contribution in [2.45, 2.75) is 30.5 Å². The molecule has 0 atom stereocenters. The fourth-order valence-corrected chi connectivity index (χ4v) is 4.29. The summed E-state index contributed by atoms with van der Waals surface area (Å²) in [5.41, 5.74) is 2.01. The third kappa shape index (κ3) is 4.54. The number of rotatable bonds is 7. The molecule has 5 rings (SSSR count). The van der Waals surface area contributed by atoms with Crippen molar-refractivity contribution in [1.29, 1.82) is 0 Å². The minimum Gasteiger partial charge on any atom is -0.486 e. The Kier molecular flexibility index (Phi) is 5.55. The van der Waals surface area contributed by atoms with E-state index in [1.165, 1.54) is 11.8 Å². The lowest BCUT2D eigenvalue weighted by Crippen LogP contribution is -2.28. The number of thioether (sulfide) groups is 1. The number of carbonyl (C=O) groups excluding carboxylic acids is 1. The average molecular weight is 437 g/mol. The Balaban J connectivity index is 1.22. The summed E-state index contributed by atoms with van der Waals surface area (Å²) in [6, 6.07) is 15.8. The molecule has 31 heavy (non-hydrogen) atoms. The highest BCUT2D eigenvalue weighted by Gasteiger charge is 2.30. The normalized spacial score (nSPS) is 15.0. The van der Waals surface area contributed by atoms with Crippen molar-refractivity contribution in [3.05, 3.63) is 59.9 Å². The molecule has 0 N–H and O–H groups in total. The molecule has 2 heterocycles. The van der Waals surface area contributed by atoms with Crippen LogP contribution in [0.3, 0.4) is 0 Å². The Morgan fingerprint density at radius 3 is 2.68 bits per heavy atom. The van der Waals surface area contributed by atoms with Crippen LogP contribution in [0.1, 0.15) is 30.1 Å². The maximum atomic E-state index is 12.7. The second-order valence-corrected chi connectivity index (χ2v) is 8.73. The molecule has 3 aromatic rings. The molecule has 8 heteroatoms. The maximum Gasteiger partial charge on any atom is 0.233 e. The summed E-state index contributed by atoms with van der Waals surface area (Å²) >= 11 is 1.39.